The number of carbonyl (C=O) groups excluding carboxylic acids is 1. The van der Waals surface area contributed by atoms with Gasteiger partial charge in [0.05, 0.1) is 18.6 Å². The van der Waals surface area contributed by atoms with Crippen molar-refractivity contribution in [3.05, 3.63) is 44.6 Å². The second kappa shape index (κ2) is 11.9. The summed E-state index contributed by atoms with van der Waals surface area (Å²) in [5, 5.41) is 3.22. The Labute approximate surface area is 236 Å². The maximum Gasteiger partial charge on any atom is 0.248 e. The number of likely N-dealkylation sites (tertiary alicyclic amines) is 1. The Morgan fingerprint density at radius 3 is 2.49 bits per heavy atom. The number of nitrogens with one attached hydrogen (secondary N) is 1. The van der Waals surface area contributed by atoms with Crippen LogP contribution in [0.25, 0.3) is 0 Å². The van der Waals surface area contributed by atoms with Crippen molar-refractivity contribution in [2.45, 2.75) is 75.2 Å². The van der Waals surface area contributed by atoms with Gasteiger partial charge in [-0.15, -0.1) is 11.3 Å². The summed E-state index contributed by atoms with van der Waals surface area (Å²) in [6, 6.07) is 5.78. The first-order chi connectivity index (χ1) is 18.7. The molecule has 0 bridgehead atoms. The summed E-state index contributed by atoms with van der Waals surface area (Å²) in [6.07, 6.45) is 5.94. The molecule has 1 aromatic carbocycles. The van der Waals surface area contributed by atoms with E-state index < -0.39 is 14.7 Å². The van der Waals surface area contributed by atoms with Gasteiger partial charge in [0.15, 0.2) is 9.84 Å². The molecule has 1 aromatic heterocycles. The van der Waals surface area contributed by atoms with Crippen LogP contribution >= 0.6 is 11.3 Å². The molecule has 39 heavy (non-hydrogen) atoms. The van der Waals surface area contributed by atoms with Crippen molar-refractivity contribution in [1.82, 2.24) is 15.1 Å². The van der Waals surface area contributed by atoms with E-state index in [-0.39, 0.29) is 19.1 Å². The van der Waals surface area contributed by atoms with Crippen LogP contribution in [0.1, 0.15) is 58.5 Å². The maximum atomic E-state index is 14.0. The molecule has 3 aliphatic rings. The second-order valence-corrected chi connectivity index (χ2v) is 14.6. The minimum Gasteiger partial charge on any atom is -0.497 e. The minimum atomic E-state index is -3.78. The fraction of sp³-hybridized carbons (Fsp3) is 0.621. The predicted molar refractivity (Wildman–Crippen MR) is 153 cm³/mol. The van der Waals surface area contributed by atoms with E-state index in [0.717, 1.165) is 19.4 Å². The zero-order valence-corrected chi connectivity index (χ0v) is 25.0. The normalized spacial score (nSPS) is 22.2. The number of thiophene rings is 1. The number of benzene rings is 1. The Balaban J connectivity index is 1.21. The van der Waals surface area contributed by atoms with E-state index in [0.29, 0.717) is 47.8 Å². The van der Waals surface area contributed by atoms with Crippen molar-refractivity contribution in [3.8, 4) is 5.75 Å². The lowest BCUT2D eigenvalue weighted by atomic mass is 10.1. The summed E-state index contributed by atoms with van der Waals surface area (Å²) in [5.41, 5.74) is 2.54. The lowest BCUT2D eigenvalue weighted by molar-refractivity contribution is -0.137. The summed E-state index contributed by atoms with van der Waals surface area (Å²) in [6.45, 7) is 8.62. The number of hydrogen-bond donors (Lipinski definition) is 1. The van der Waals surface area contributed by atoms with Gasteiger partial charge in [0, 0.05) is 29.4 Å². The number of piperidine rings is 1. The first-order valence-electron chi connectivity index (χ1n) is 14.1. The van der Waals surface area contributed by atoms with Crippen LogP contribution in [-0.2, 0) is 38.9 Å². The van der Waals surface area contributed by atoms with Gasteiger partial charge < -0.3 is 14.4 Å². The minimum absolute atomic E-state index is 0.0660. The molecule has 0 aliphatic carbocycles. The largest absolute Gasteiger partial charge is 0.497 e. The summed E-state index contributed by atoms with van der Waals surface area (Å²) >= 11 is 1.89. The Kier molecular flexibility index (Phi) is 8.68. The number of methoxy groups -OCH3 is 1. The molecule has 5 rings (SSSR count). The molecule has 2 fully saturated rings. The molecule has 1 amide bonds. The Hall–Kier alpha value is -1.98. The van der Waals surface area contributed by atoms with Crippen LogP contribution in [0, 0.1) is 13.8 Å². The van der Waals surface area contributed by atoms with Crippen molar-refractivity contribution < 1.29 is 22.7 Å². The highest BCUT2D eigenvalue weighted by Crippen LogP contribution is 2.37. The van der Waals surface area contributed by atoms with E-state index in [1.54, 1.807) is 33.1 Å². The fourth-order valence-electron chi connectivity index (χ4n) is 6.27. The Morgan fingerprint density at radius 2 is 1.82 bits per heavy atom. The third kappa shape index (κ3) is 5.91. The van der Waals surface area contributed by atoms with E-state index in [1.165, 1.54) is 47.7 Å². The van der Waals surface area contributed by atoms with Crippen LogP contribution in [0.15, 0.2) is 23.1 Å². The molecule has 0 radical (unpaired) electrons. The molecule has 8 nitrogen and oxygen atoms in total. The number of aryl methyl sites for hydroxylation is 2. The van der Waals surface area contributed by atoms with Gasteiger partial charge in [-0.05, 0) is 100 Å². The second-order valence-electron chi connectivity index (χ2n) is 11.2. The van der Waals surface area contributed by atoms with E-state index in [4.69, 9.17) is 9.47 Å². The number of sulfone groups is 1. The average molecular weight is 576 g/mol. The van der Waals surface area contributed by atoms with Crippen molar-refractivity contribution >= 4 is 27.1 Å². The number of nitrogens with zero attached hydrogens (tertiary/aromatic N) is 2. The molecule has 214 valence electrons. The highest BCUT2D eigenvalue weighted by atomic mass is 32.2. The molecule has 2 aromatic rings. The van der Waals surface area contributed by atoms with Crippen molar-refractivity contribution in [1.29, 1.82) is 0 Å². The average Bonchev–Trinajstić information content (AvgIpc) is 3.56. The third-order valence-electron chi connectivity index (χ3n) is 8.32. The smallest absolute Gasteiger partial charge is 0.248 e. The highest BCUT2D eigenvalue weighted by molar-refractivity contribution is 7.93. The summed E-state index contributed by atoms with van der Waals surface area (Å²) in [4.78, 5) is 19.3. The van der Waals surface area contributed by atoms with Crippen molar-refractivity contribution in [3.63, 3.8) is 0 Å². The van der Waals surface area contributed by atoms with Crippen LogP contribution in [-0.4, -0.2) is 75.5 Å². The van der Waals surface area contributed by atoms with Gasteiger partial charge in [-0.3, -0.25) is 15.0 Å². The van der Waals surface area contributed by atoms with Crippen LogP contribution < -0.4 is 10.1 Å². The first kappa shape index (κ1) is 28.5. The number of fused-ring (bicyclic) bond motifs is 1. The summed E-state index contributed by atoms with van der Waals surface area (Å²) in [7, 11) is -2.21. The molecule has 10 heteroatoms. The van der Waals surface area contributed by atoms with Gasteiger partial charge in [-0.25, -0.2) is 8.42 Å². The predicted octanol–water partition coefficient (Wildman–Crippen LogP) is 3.81. The molecule has 2 saturated heterocycles. The highest BCUT2D eigenvalue weighted by Gasteiger charge is 2.48. The first-order valence-corrected chi connectivity index (χ1v) is 16.4. The third-order valence-corrected chi connectivity index (χ3v) is 12.2. The molecule has 4 heterocycles. The number of ether oxygens (including phenoxy) is 2. The lowest BCUT2D eigenvalue weighted by Crippen LogP contribution is -2.52. The summed E-state index contributed by atoms with van der Waals surface area (Å²) in [5.74, 6) is 0.542. The summed E-state index contributed by atoms with van der Waals surface area (Å²) < 4.78 is 39.2. The van der Waals surface area contributed by atoms with Gasteiger partial charge in [0.2, 0.25) is 5.91 Å². The zero-order valence-electron chi connectivity index (χ0n) is 23.4. The van der Waals surface area contributed by atoms with E-state index >= 15 is 0 Å². The Morgan fingerprint density at radius 1 is 1.08 bits per heavy atom. The van der Waals surface area contributed by atoms with E-state index in [1.807, 2.05) is 16.2 Å². The zero-order chi connectivity index (χ0) is 27.6. The Bertz CT molecular complexity index is 1270. The molecule has 1 atom stereocenters. The molecular formula is C29H41N3O5S2. The van der Waals surface area contributed by atoms with Gasteiger partial charge >= 0.3 is 0 Å². The number of amides is 1. The molecule has 0 unspecified atom stereocenters. The maximum absolute atomic E-state index is 14.0. The quantitative estimate of drug-likeness (QED) is 0.487. The SMILES string of the molecule is COc1cc(C)c(S(=O)(=O)[C@]2(COCC(=O)N3CCc4sc(CN5CCCCC5)cc4C3)CCCN2)c(C)c1. The number of carbonyl (C=O) groups is 1. The van der Waals surface area contributed by atoms with Crippen molar-refractivity contribution in [2.75, 3.05) is 46.5 Å². The van der Waals surface area contributed by atoms with Crippen LogP contribution in [0.4, 0.5) is 0 Å². The molecule has 0 spiro atoms. The number of hydrogen-bond acceptors (Lipinski definition) is 8. The van der Waals surface area contributed by atoms with Gasteiger partial charge in [0.1, 0.15) is 17.2 Å². The molecular weight excluding hydrogens is 534 g/mol. The van der Waals surface area contributed by atoms with Gasteiger partial charge in [-0.1, -0.05) is 6.42 Å². The molecule has 3 aliphatic heterocycles. The topological polar surface area (TPSA) is 88.2 Å². The molecule has 1 N–H and O–H groups in total. The monoisotopic (exact) mass is 575 g/mol. The lowest BCUT2D eigenvalue weighted by Gasteiger charge is -2.31. The van der Waals surface area contributed by atoms with Gasteiger partial charge in [-0.2, -0.15) is 0 Å². The van der Waals surface area contributed by atoms with Gasteiger partial charge in [0.25, 0.3) is 0 Å². The van der Waals surface area contributed by atoms with E-state index in [2.05, 4.69) is 16.3 Å². The molecule has 0 saturated carbocycles. The standard InChI is InChI=1S/C29H41N3O5S2/c1-21-14-24(36-3)15-22(2)28(21)39(34,35)29(9-7-10-30-29)20-37-19-27(33)32-13-8-26-23(17-32)16-25(38-26)18-31-11-5-4-6-12-31/h14-16,30H,4-13,17-20H2,1-3H3/t29-/m0/s1. The fourth-order valence-corrected chi connectivity index (χ4v) is 9.79. The van der Waals surface area contributed by atoms with E-state index in [9.17, 15) is 13.2 Å². The van der Waals surface area contributed by atoms with Crippen molar-refractivity contribution in [2.24, 2.45) is 0 Å². The van der Waals surface area contributed by atoms with Crippen LogP contribution in [0.5, 0.6) is 5.75 Å². The van der Waals surface area contributed by atoms with Crippen LogP contribution in [0.2, 0.25) is 0 Å². The number of rotatable bonds is 9. The van der Waals surface area contributed by atoms with Crippen LogP contribution in [0.3, 0.4) is 0 Å².